The Morgan fingerprint density at radius 3 is 2.86 bits per heavy atom. The third kappa shape index (κ3) is 3.41. The van der Waals surface area contributed by atoms with E-state index < -0.39 is 0 Å². The zero-order valence-electron chi connectivity index (χ0n) is 8.18. The Morgan fingerprint density at radius 1 is 1.43 bits per heavy atom. The number of hydrogen-bond donors (Lipinski definition) is 1. The molecule has 1 rings (SSSR count). The molecule has 0 saturated heterocycles. The van der Waals surface area contributed by atoms with Gasteiger partial charge >= 0.3 is 0 Å². The SMILES string of the molecule is Cc1ccc(C#CCCCO)cc1Cl. The second-order valence-electron chi connectivity index (χ2n) is 3.09. The molecule has 0 aromatic heterocycles. The van der Waals surface area contributed by atoms with E-state index in [9.17, 15) is 0 Å². The molecule has 1 N–H and O–H groups in total. The van der Waals surface area contributed by atoms with Gasteiger partial charge in [0.1, 0.15) is 0 Å². The van der Waals surface area contributed by atoms with E-state index in [1.807, 2.05) is 25.1 Å². The molecule has 1 nitrogen and oxygen atoms in total. The molecular weight excluding hydrogens is 196 g/mol. The first-order valence-electron chi connectivity index (χ1n) is 4.60. The molecule has 1 aromatic rings. The third-order valence-corrected chi connectivity index (χ3v) is 2.27. The van der Waals surface area contributed by atoms with Crippen LogP contribution in [-0.4, -0.2) is 11.7 Å². The van der Waals surface area contributed by atoms with E-state index in [1.54, 1.807) is 0 Å². The summed E-state index contributed by atoms with van der Waals surface area (Å²) in [5.41, 5.74) is 1.99. The van der Waals surface area contributed by atoms with Gasteiger partial charge in [0.15, 0.2) is 0 Å². The van der Waals surface area contributed by atoms with Crippen molar-refractivity contribution in [1.82, 2.24) is 0 Å². The van der Waals surface area contributed by atoms with Gasteiger partial charge in [-0.25, -0.2) is 0 Å². The van der Waals surface area contributed by atoms with Crippen molar-refractivity contribution in [2.45, 2.75) is 19.8 Å². The van der Waals surface area contributed by atoms with Gasteiger partial charge in [-0.1, -0.05) is 29.5 Å². The highest BCUT2D eigenvalue weighted by Gasteiger charge is 1.94. The minimum Gasteiger partial charge on any atom is -0.396 e. The van der Waals surface area contributed by atoms with Crippen molar-refractivity contribution in [3.05, 3.63) is 34.3 Å². The van der Waals surface area contributed by atoms with Crippen LogP contribution in [0.4, 0.5) is 0 Å². The Hall–Kier alpha value is -0.970. The van der Waals surface area contributed by atoms with Crippen LogP contribution in [0.1, 0.15) is 24.0 Å². The van der Waals surface area contributed by atoms with Crippen molar-refractivity contribution in [2.75, 3.05) is 6.61 Å². The molecule has 0 aliphatic rings. The molecule has 0 aliphatic heterocycles. The lowest BCUT2D eigenvalue weighted by molar-refractivity contribution is 0.290. The van der Waals surface area contributed by atoms with Crippen LogP contribution >= 0.6 is 11.6 Å². The fourth-order valence-corrected chi connectivity index (χ4v) is 1.18. The first-order chi connectivity index (χ1) is 6.74. The van der Waals surface area contributed by atoms with E-state index in [0.717, 1.165) is 29.0 Å². The number of halogens is 1. The Labute approximate surface area is 89.7 Å². The average Bonchev–Trinajstić information content (AvgIpc) is 2.18. The zero-order chi connectivity index (χ0) is 10.4. The molecule has 14 heavy (non-hydrogen) atoms. The largest absolute Gasteiger partial charge is 0.396 e. The van der Waals surface area contributed by atoms with Gasteiger partial charge in [-0.05, 0) is 31.0 Å². The minimum atomic E-state index is 0.198. The molecule has 0 atom stereocenters. The summed E-state index contributed by atoms with van der Waals surface area (Å²) in [6.07, 6.45) is 1.45. The maximum Gasteiger partial charge on any atom is 0.0447 e. The molecule has 74 valence electrons. The lowest BCUT2D eigenvalue weighted by Gasteiger charge is -1.96. The number of benzene rings is 1. The smallest absolute Gasteiger partial charge is 0.0447 e. The van der Waals surface area contributed by atoms with E-state index in [0.29, 0.717) is 0 Å². The lowest BCUT2D eigenvalue weighted by Crippen LogP contribution is -1.80. The van der Waals surface area contributed by atoms with E-state index in [4.69, 9.17) is 16.7 Å². The number of rotatable bonds is 2. The van der Waals surface area contributed by atoms with Crippen LogP contribution in [0.15, 0.2) is 18.2 Å². The van der Waals surface area contributed by atoms with Gasteiger partial charge in [0.25, 0.3) is 0 Å². The maximum atomic E-state index is 8.56. The van der Waals surface area contributed by atoms with Gasteiger partial charge in [-0.15, -0.1) is 0 Å². The normalized spacial score (nSPS) is 9.36. The number of hydrogen-bond acceptors (Lipinski definition) is 1. The Kier molecular flexibility index (Phi) is 4.52. The van der Waals surface area contributed by atoms with Gasteiger partial charge in [0.2, 0.25) is 0 Å². The maximum absolute atomic E-state index is 8.56. The van der Waals surface area contributed by atoms with Gasteiger partial charge in [0, 0.05) is 23.6 Å². The zero-order valence-corrected chi connectivity index (χ0v) is 8.93. The summed E-state index contributed by atoms with van der Waals surface area (Å²) >= 11 is 5.95. The van der Waals surface area contributed by atoms with Gasteiger partial charge in [0.05, 0.1) is 0 Å². The van der Waals surface area contributed by atoms with Crippen molar-refractivity contribution in [3.63, 3.8) is 0 Å². The molecule has 0 amide bonds. The number of unbranched alkanes of at least 4 members (excludes halogenated alkanes) is 1. The van der Waals surface area contributed by atoms with Crippen molar-refractivity contribution < 1.29 is 5.11 Å². The number of aliphatic hydroxyl groups is 1. The molecule has 0 unspecified atom stereocenters. The van der Waals surface area contributed by atoms with Crippen LogP contribution < -0.4 is 0 Å². The monoisotopic (exact) mass is 208 g/mol. The van der Waals surface area contributed by atoms with Crippen LogP contribution in [0.25, 0.3) is 0 Å². The van der Waals surface area contributed by atoms with E-state index >= 15 is 0 Å². The second-order valence-corrected chi connectivity index (χ2v) is 3.50. The molecule has 0 saturated carbocycles. The number of aliphatic hydroxyl groups excluding tert-OH is 1. The van der Waals surface area contributed by atoms with Crippen LogP contribution in [0.3, 0.4) is 0 Å². The quantitative estimate of drug-likeness (QED) is 0.586. The van der Waals surface area contributed by atoms with Crippen LogP contribution in [0, 0.1) is 18.8 Å². The second kappa shape index (κ2) is 5.70. The lowest BCUT2D eigenvalue weighted by atomic mass is 10.1. The third-order valence-electron chi connectivity index (χ3n) is 1.86. The molecule has 0 radical (unpaired) electrons. The van der Waals surface area contributed by atoms with Crippen molar-refractivity contribution in [1.29, 1.82) is 0 Å². The Morgan fingerprint density at radius 2 is 2.21 bits per heavy atom. The molecule has 0 fully saturated rings. The Balaban J connectivity index is 2.66. The predicted molar refractivity (Wildman–Crippen MR) is 59.4 cm³/mol. The fraction of sp³-hybridized carbons (Fsp3) is 0.333. The number of aryl methyl sites for hydroxylation is 1. The molecular formula is C12H13ClO. The van der Waals surface area contributed by atoms with Gasteiger partial charge < -0.3 is 5.11 Å². The predicted octanol–water partition coefficient (Wildman–Crippen LogP) is 2.77. The molecule has 2 heteroatoms. The fourth-order valence-electron chi connectivity index (χ4n) is 1.00. The van der Waals surface area contributed by atoms with Crippen LogP contribution in [0.2, 0.25) is 5.02 Å². The average molecular weight is 209 g/mol. The van der Waals surface area contributed by atoms with Crippen LogP contribution in [-0.2, 0) is 0 Å². The molecule has 0 bridgehead atoms. The molecule has 0 aliphatic carbocycles. The first kappa shape index (κ1) is 11.1. The summed E-state index contributed by atoms with van der Waals surface area (Å²) in [6, 6.07) is 5.77. The van der Waals surface area contributed by atoms with E-state index in [1.165, 1.54) is 0 Å². The molecule has 1 aromatic carbocycles. The summed E-state index contributed by atoms with van der Waals surface area (Å²) in [6.45, 7) is 2.16. The standard InChI is InChI=1S/C12H13ClO/c1-10-6-7-11(9-12(10)13)5-3-2-4-8-14/h6-7,9,14H,2,4,8H2,1H3. The highest BCUT2D eigenvalue weighted by Crippen LogP contribution is 2.15. The highest BCUT2D eigenvalue weighted by molar-refractivity contribution is 6.31. The minimum absolute atomic E-state index is 0.198. The van der Waals surface area contributed by atoms with Crippen molar-refractivity contribution in [2.24, 2.45) is 0 Å². The molecule has 0 spiro atoms. The van der Waals surface area contributed by atoms with E-state index in [-0.39, 0.29) is 6.61 Å². The van der Waals surface area contributed by atoms with Gasteiger partial charge in [-0.3, -0.25) is 0 Å². The highest BCUT2D eigenvalue weighted by atomic mass is 35.5. The summed E-state index contributed by atoms with van der Waals surface area (Å²) in [4.78, 5) is 0. The van der Waals surface area contributed by atoms with Gasteiger partial charge in [-0.2, -0.15) is 0 Å². The van der Waals surface area contributed by atoms with Crippen LogP contribution in [0.5, 0.6) is 0 Å². The summed E-state index contributed by atoms with van der Waals surface area (Å²) in [5.74, 6) is 5.98. The van der Waals surface area contributed by atoms with Crippen molar-refractivity contribution in [3.8, 4) is 11.8 Å². The Bertz CT molecular complexity index is 360. The first-order valence-corrected chi connectivity index (χ1v) is 4.97. The van der Waals surface area contributed by atoms with E-state index in [2.05, 4.69) is 11.8 Å². The summed E-state index contributed by atoms with van der Waals surface area (Å²) in [7, 11) is 0. The summed E-state index contributed by atoms with van der Waals surface area (Å²) in [5, 5.41) is 9.30. The topological polar surface area (TPSA) is 20.2 Å². The van der Waals surface area contributed by atoms with Crippen molar-refractivity contribution >= 4 is 11.6 Å². The molecule has 0 heterocycles. The summed E-state index contributed by atoms with van der Waals surface area (Å²) < 4.78 is 0.